The summed E-state index contributed by atoms with van der Waals surface area (Å²) in [6.07, 6.45) is -4.84. The Bertz CT molecular complexity index is 681. The Morgan fingerprint density at radius 2 is 1.76 bits per heavy atom. The second kappa shape index (κ2) is 5.89. The second-order valence-corrected chi connectivity index (χ2v) is 5.25. The molecule has 2 aromatic carbocycles. The molecule has 0 radical (unpaired) electrons. The summed E-state index contributed by atoms with van der Waals surface area (Å²) < 4.78 is 41.8. The van der Waals surface area contributed by atoms with Gasteiger partial charge in [-0.3, -0.25) is 4.79 Å². The molecule has 0 atom stereocenters. The van der Waals surface area contributed by atoms with Gasteiger partial charge in [0.15, 0.2) is 5.78 Å². The fourth-order valence-corrected chi connectivity index (χ4v) is 2.21. The molecule has 0 heterocycles. The molecule has 2 nitrogen and oxygen atoms in total. The Morgan fingerprint density at radius 3 is 2.43 bits per heavy atom. The summed E-state index contributed by atoms with van der Waals surface area (Å²) in [7, 11) is 0. The zero-order valence-electron chi connectivity index (χ0n) is 10.9. The van der Waals surface area contributed by atoms with Gasteiger partial charge in [-0.25, -0.2) is 0 Å². The summed E-state index contributed by atoms with van der Waals surface area (Å²) in [6, 6.07) is 10.3. The van der Waals surface area contributed by atoms with Gasteiger partial charge in [0.25, 0.3) is 0 Å². The monoisotopic (exact) mass is 358 g/mol. The lowest BCUT2D eigenvalue weighted by atomic mass is 9.98. The lowest BCUT2D eigenvalue weighted by Crippen LogP contribution is -2.19. The van der Waals surface area contributed by atoms with Gasteiger partial charge in [-0.2, -0.15) is 0 Å². The van der Waals surface area contributed by atoms with E-state index in [4.69, 9.17) is 0 Å². The van der Waals surface area contributed by atoms with Crippen LogP contribution in [0.1, 0.15) is 21.5 Å². The largest absolute Gasteiger partial charge is 0.573 e. The third kappa shape index (κ3) is 3.85. The van der Waals surface area contributed by atoms with Crippen LogP contribution in [0.2, 0.25) is 0 Å². The molecule has 6 heteroatoms. The highest BCUT2D eigenvalue weighted by Gasteiger charge is 2.33. The van der Waals surface area contributed by atoms with E-state index in [9.17, 15) is 18.0 Å². The first-order chi connectivity index (χ1) is 9.78. The molecule has 0 spiro atoms. The summed E-state index contributed by atoms with van der Waals surface area (Å²) in [4.78, 5) is 12.5. The van der Waals surface area contributed by atoms with Crippen molar-refractivity contribution < 1.29 is 22.7 Å². The second-order valence-electron chi connectivity index (χ2n) is 4.33. The van der Waals surface area contributed by atoms with Crippen molar-refractivity contribution in [2.24, 2.45) is 0 Å². The van der Waals surface area contributed by atoms with Crippen molar-refractivity contribution in [2.45, 2.75) is 13.3 Å². The van der Waals surface area contributed by atoms with Gasteiger partial charge in [-0.05, 0) is 36.8 Å². The maximum atomic E-state index is 12.5. The molecule has 0 unspecified atom stereocenters. The van der Waals surface area contributed by atoms with Gasteiger partial charge in [0, 0.05) is 10.0 Å². The van der Waals surface area contributed by atoms with Crippen molar-refractivity contribution in [3.05, 3.63) is 63.6 Å². The number of para-hydroxylation sites is 1. The minimum Gasteiger partial charge on any atom is -0.405 e. The number of benzene rings is 2. The first kappa shape index (κ1) is 15.6. The molecule has 2 rings (SSSR count). The molecule has 2 aromatic rings. The maximum Gasteiger partial charge on any atom is 0.573 e. The topological polar surface area (TPSA) is 26.3 Å². The van der Waals surface area contributed by atoms with Crippen LogP contribution >= 0.6 is 15.9 Å². The molecule has 0 aliphatic heterocycles. The third-order valence-corrected chi connectivity index (χ3v) is 3.29. The molecule has 0 amide bonds. The molecule has 0 saturated carbocycles. The quantitative estimate of drug-likeness (QED) is 0.730. The van der Waals surface area contributed by atoms with Crippen molar-refractivity contribution in [1.29, 1.82) is 0 Å². The van der Waals surface area contributed by atoms with E-state index in [1.807, 2.05) is 0 Å². The van der Waals surface area contributed by atoms with E-state index in [1.54, 1.807) is 25.1 Å². The lowest BCUT2D eigenvalue weighted by molar-refractivity contribution is -0.274. The Morgan fingerprint density at radius 1 is 1.10 bits per heavy atom. The van der Waals surface area contributed by atoms with E-state index in [0.29, 0.717) is 15.6 Å². The molecular weight excluding hydrogens is 349 g/mol. The van der Waals surface area contributed by atoms with Crippen LogP contribution in [0.15, 0.2) is 46.9 Å². The minimum absolute atomic E-state index is 0.129. The number of hydrogen-bond donors (Lipinski definition) is 0. The smallest absolute Gasteiger partial charge is 0.405 e. The Balaban J connectivity index is 2.46. The number of hydrogen-bond acceptors (Lipinski definition) is 2. The third-order valence-electron chi connectivity index (χ3n) is 2.80. The van der Waals surface area contributed by atoms with Gasteiger partial charge in [0.05, 0.1) is 5.56 Å². The number of rotatable bonds is 3. The zero-order chi connectivity index (χ0) is 15.6. The number of alkyl halides is 3. The van der Waals surface area contributed by atoms with Crippen molar-refractivity contribution in [3.8, 4) is 5.75 Å². The number of aryl methyl sites for hydroxylation is 1. The van der Waals surface area contributed by atoms with Crippen LogP contribution in [0.5, 0.6) is 5.75 Å². The van der Waals surface area contributed by atoms with E-state index in [1.165, 1.54) is 18.2 Å². The summed E-state index contributed by atoms with van der Waals surface area (Å²) in [5.41, 5.74) is 0.864. The van der Waals surface area contributed by atoms with Gasteiger partial charge in [-0.1, -0.05) is 34.1 Å². The lowest BCUT2D eigenvalue weighted by Gasteiger charge is -2.13. The van der Waals surface area contributed by atoms with Gasteiger partial charge in [-0.15, -0.1) is 13.2 Å². The molecular formula is C15H10BrF3O2. The SMILES string of the molecule is Cc1ccc(Br)cc1C(=O)c1ccccc1OC(F)(F)F. The molecule has 0 fully saturated rings. The van der Waals surface area contributed by atoms with Crippen LogP contribution in [-0.4, -0.2) is 12.1 Å². The van der Waals surface area contributed by atoms with Gasteiger partial charge < -0.3 is 4.74 Å². The van der Waals surface area contributed by atoms with E-state index >= 15 is 0 Å². The Hall–Kier alpha value is -1.82. The summed E-state index contributed by atoms with van der Waals surface area (Å²) >= 11 is 3.24. The number of halogens is 4. The van der Waals surface area contributed by atoms with Crippen LogP contribution in [0.4, 0.5) is 13.2 Å². The Labute approximate surface area is 127 Å². The highest BCUT2D eigenvalue weighted by atomic mass is 79.9. The molecule has 0 bridgehead atoms. The van der Waals surface area contributed by atoms with Gasteiger partial charge in [0.2, 0.25) is 0 Å². The predicted molar refractivity (Wildman–Crippen MR) is 75.4 cm³/mol. The first-order valence-electron chi connectivity index (χ1n) is 5.93. The average molecular weight is 359 g/mol. The number of carbonyl (C=O) groups is 1. The van der Waals surface area contributed by atoms with Crippen LogP contribution < -0.4 is 4.74 Å². The molecule has 0 saturated heterocycles. The highest BCUT2D eigenvalue weighted by Crippen LogP contribution is 2.29. The van der Waals surface area contributed by atoms with E-state index in [2.05, 4.69) is 20.7 Å². The summed E-state index contributed by atoms with van der Waals surface area (Å²) in [5, 5.41) is 0. The first-order valence-corrected chi connectivity index (χ1v) is 6.73. The number of ether oxygens (including phenoxy) is 1. The fourth-order valence-electron chi connectivity index (χ4n) is 1.85. The van der Waals surface area contributed by atoms with Crippen LogP contribution in [0, 0.1) is 6.92 Å². The van der Waals surface area contributed by atoms with Crippen molar-refractivity contribution in [2.75, 3.05) is 0 Å². The predicted octanol–water partition coefficient (Wildman–Crippen LogP) is 4.89. The fraction of sp³-hybridized carbons (Fsp3) is 0.133. The normalized spacial score (nSPS) is 11.3. The average Bonchev–Trinajstić information content (AvgIpc) is 2.39. The molecule has 0 N–H and O–H groups in total. The van der Waals surface area contributed by atoms with Gasteiger partial charge >= 0.3 is 6.36 Å². The maximum absolute atomic E-state index is 12.5. The van der Waals surface area contributed by atoms with E-state index < -0.39 is 17.9 Å². The summed E-state index contributed by atoms with van der Waals surface area (Å²) in [5.74, 6) is -1.02. The van der Waals surface area contributed by atoms with E-state index in [-0.39, 0.29) is 5.56 Å². The van der Waals surface area contributed by atoms with Crippen molar-refractivity contribution >= 4 is 21.7 Å². The minimum atomic E-state index is -4.84. The van der Waals surface area contributed by atoms with Crippen molar-refractivity contribution in [1.82, 2.24) is 0 Å². The van der Waals surface area contributed by atoms with E-state index in [0.717, 1.165) is 6.07 Å². The Kier molecular flexibility index (Phi) is 4.37. The standard InChI is InChI=1S/C15H10BrF3O2/c1-9-6-7-10(16)8-12(9)14(20)11-4-2-3-5-13(11)21-15(17,18)19/h2-8H,1H3. The summed E-state index contributed by atoms with van der Waals surface area (Å²) in [6.45, 7) is 1.72. The molecule has 110 valence electrons. The molecule has 21 heavy (non-hydrogen) atoms. The van der Waals surface area contributed by atoms with Crippen LogP contribution in [0.25, 0.3) is 0 Å². The van der Waals surface area contributed by atoms with Crippen LogP contribution in [-0.2, 0) is 0 Å². The van der Waals surface area contributed by atoms with Gasteiger partial charge in [0.1, 0.15) is 5.75 Å². The molecule has 0 aromatic heterocycles. The number of carbonyl (C=O) groups excluding carboxylic acids is 1. The highest BCUT2D eigenvalue weighted by molar-refractivity contribution is 9.10. The number of ketones is 1. The zero-order valence-corrected chi connectivity index (χ0v) is 12.5. The van der Waals surface area contributed by atoms with Crippen molar-refractivity contribution in [3.63, 3.8) is 0 Å². The van der Waals surface area contributed by atoms with Crippen LogP contribution in [0.3, 0.4) is 0 Å². The molecule has 0 aliphatic rings. The molecule has 0 aliphatic carbocycles.